The summed E-state index contributed by atoms with van der Waals surface area (Å²) in [6.45, 7) is 6.25. The van der Waals surface area contributed by atoms with E-state index in [-0.39, 0.29) is 6.10 Å². The van der Waals surface area contributed by atoms with Crippen LogP contribution in [-0.2, 0) is 0 Å². The molecule has 0 amide bonds. The second-order valence-electron chi connectivity index (χ2n) is 4.59. The van der Waals surface area contributed by atoms with Gasteiger partial charge in [0.1, 0.15) is 0 Å². The van der Waals surface area contributed by atoms with Crippen molar-refractivity contribution in [3.63, 3.8) is 0 Å². The molecule has 0 atom stereocenters. The number of ether oxygens (including phenoxy) is 1. The highest BCUT2D eigenvalue weighted by molar-refractivity contribution is 5.19. The van der Waals surface area contributed by atoms with Gasteiger partial charge in [0.05, 0.1) is 6.10 Å². The maximum atomic E-state index is 5.62. The molecule has 0 aromatic carbocycles. The van der Waals surface area contributed by atoms with Gasteiger partial charge in [-0.2, -0.15) is 0 Å². The standard InChI is InChI=1S/C13H20N2O/c1-10(2)16-13-5-3-4-12(15-13)11-6-8-14-9-7-11/h3-5,10-11,14H,6-9H2,1-2H3. The third kappa shape index (κ3) is 2.95. The SMILES string of the molecule is CC(C)Oc1cccc(C2CCNCC2)n1. The van der Waals surface area contributed by atoms with Crippen molar-refractivity contribution in [2.75, 3.05) is 13.1 Å². The van der Waals surface area contributed by atoms with E-state index in [1.165, 1.54) is 18.5 Å². The molecule has 1 fully saturated rings. The molecule has 1 N–H and O–H groups in total. The lowest BCUT2D eigenvalue weighted by Crippen LogP contribution is -2.27. The molecule has 16 heavy (non-hydrogen) atoms. The van der Waals surface area contributed by atoms with Crippen LogP contribution in [0.1, 0.15) is 38.3 Å². The van der Waals surface area contributed by atoms with Crippen LogP contribution >= 0.6 is 0 Å². The van der Waals surface area contributed by atoms with Gasteiger partial charge in [-0.3, -0.25) is 0 Å². The zero-order valence-corrected chi connectivity index (χ0v) is 10.1. The van der Waals surface area contributed by atoms with E-state index in [0.29, 0.717) is 5.92 Å². The van der Waals surface area contributed by atoms with Crippen molar-refractivity contribution in [3.8, 4) is 5.88 Å². The van der Waals surface area contributed by atoms with E-state index in [2.05, 4.69) is 16.4 Å². The van der Waals surface area contributed by atoms with Gasteiger partial charge in [0.2, 0.25) is 5.88 Å². The van der Waals surface area contributed by atoms with Crippen molar-refractivity contribution in [1.82, 2.24) is 10.3 Å². The Bertz CT molecular complexity index is 332. The van der Waals surface area contributed by atoms with Crippen LogP contribution in [0.25, 0.3) is 0 Å². The molecule has 1 saturated heterocycles. The van der Waals surface area contributed by atoms with Crippen molar-refractivity contribution in [2.45, 2.75) is 38.7 Å². The Hall–Kier alpha value is -1.09. The normalized spacial score (nSPS) is 17.7. The Balaban J connectivity index is 2.08. The van der Waals surface area contributed by atoms with Crippen LogP contribution < -0.4 is 10.1 Å². The maximum Gasteiger partial charge on any atom is 0.213 e. The first-order valence-corrected chi connectivity index (χ1v) is 6.10. The molecule has 0 spiro atoms. The van der Waals surface area contributed by atoms with Gasteiger partial charge in [0.15, 0.2) is 0 Å². The molecule has 1 aromatic heterocycles. The average molecular weight is 220 g/mol. The number of pyridine rings is 1. The summed E-state index contributed by atoms with van der Waals surface area (Å²) >= 11 is 0. The Morgan fingerprint density at radius 1 is 1.31 bits per heavy atom. The molecule has 0 aliphatic carbocycles. The summed E-state index contributed by atoms with van der Waals surface area (Å²) in [4.78, 5) is 4.59. The van der Waals surface area contributed by atoms with Crippen LogP contribution in [0.4, 0.5) is 0 Å². The van der Waals surface area contributed by atoms with E-state index in [1.54, 1.807) is 0 Å². The molecule has 2 rings (SSSR count). The molecule has 3 nitrogen and oxygen atoms in total. The molecular weight excluding hydrogens is 200 g/mol. The molecular formula is C13H20N2O. The monoisotopic (exact) mass is 220 g/mol. The second-order valence-corrected chi connectivity index (χ2v) is 4.59. The highest BCUT2D eigenvalue weighted by Crippen LogP contribution is 2.25. The fourth-order valence-corrected chi connectivity index (χ4v) is 2.08. The minimum atomic E-state index is 0.191. The quantitative estimate of drug-likeness (QED) is 0.849. The van der Waals surface area contributed by atoms with E-state index in [1.807, 2.05) is 26.0 Å². The third-order valence-electron chi connectivity index (χ3n) is 2.86. The van der Waals surface area contributed by atoms with Gasteiger partial charge in [0.25, 0.3) is 0 Å². The maximum absolute atomic E-state index is 5.62. The molecule has 88 valence electrons. The molecule has 1 aliphatic heterocycles. The molecule has 0 bridgehead atoms. The third-order valence-corrected chi connectivity index (χ3v) is 2.86. The lowest BCUT2D eigenvalue weighted by Gasteiger charge is -2.22. The van der Waals surface area contributed by atoms with E-state index >= 15 is 0 Å². The zero-order valence-electron chi connectivity index (χ0n) is 10.1. The number of rotatable bonds is 3. The van der Waals surface area contributed by atoms with Crippen molar-refractivity contribution >= 4 is 0 Å². The summed E-state index contributed by atoms with van der Waals surface area (Å²) in [5, 5.41) is 3.37. The topological polar surface area (TPSA) is 34.1 Å². The van der Waals surface area contributed by atoms with Crippen LogP contribution in [0.5, 0.6) is 5.88 Å². The van der Waals surface area contributed by atoms with Crippen LogP contribution in [0.3, 0.4) is 0 Å². The Morgan fingerprint density at radius 2 is 2.06 bits per heavy atom. The van der Waals surface area contributed by atoms with Gasteiger partial charge < -0.3 is 10.1 Å². The summed E-state index contributed by atoms with van der Waals surface area (Å²) in [5.41, 5.74) is 1.18. The van der Waals surface area contributed by atoms with Crippen LogP contribution in [0, 0.1) is 0 Å². The fraction of sp³-hybridized carbons (Fsp3) is 0.615. The molecule has 1 aliphatic rings. The predicted octanol–water partition coefficient (Wildman–Crippen LogP) is 2.34. The Kier molecular flexibility index (Phi) is 3.78. The number of nitrogens with zero attached hydrogens (tertiary/aromatic N) is 1. The van der Waals surface area contributed by atoms with Crippen molar-refractivity contribution in [3.05, 3.63) is 23.9 Å². The molecule has 0 radical (unpaired) electrons. The summed E-state index contributed by atoms with van der Waals surface area (Å²) in [7, 11) is 0. The minimum absolute atomic E-state index is 0.191. The van der Waals surface area contributed by atoms with E-state index in [4.69, 9.17) is 4.74 Å². The first kappa shape index (κ1) is 11.4. The Labute approximate surface area is 97.2 Å². The van der Waals surface area contributed by atoms with Crippen LogP contribution in [0.2, 0.25) is 0 Å². The number of hydrogen-bond acceptors (Lipinski definition) is 3. The summed E-state index contributed by atoms with van der Waals surface area (Å²) in [5.74, 6) is 1.35. The fourth-order valence-electron chi connectivity index (χ4n) is 2.08. The lowest BCUT2D eigenvalue weighted by atomic mass is 9.94. The molecule has 1 aromatic rings. The van der Waals surface area contributed by atoms with Gasteiger partial charge in [-0.15, -0.1) is 0 Å². The molecule has 0 unspecified atom stereocenters. The molecule has 3 heteroatoms. The predicted molar refractivity (Wildman–Crippen MR) is 64.8 cm³/mol. The first-order chi connectivity index (χ1) is 7.75. The minimum Gasteiger partial charge on any atom is -0.475 e. The zero-order chi connectivity index (χ0) is 11.4. The highest BCUT2D eigenvalue weighted by atomic mass is 16.5. The van der Waals surface area contributed by atoms with Gasteiger partial charge in [0, 0.05) is 17.7 Å². The van der Waals surface area contributed by atoms with Gasteiger partial charge in [-0.05, 0) is 45.8 Å². The Morgan fingerprint density at radius 3 is 2.75 bits per heavy atom. The van der Waals surface area contributed by atoms with E-state index < -0.39 is 0 Å². The lowest BCUT2D eigenvalue weighted by molar-refractivity contribution is 0.231. The molecule has 0 saturated carbocycles. The van der Waals surface area contributed by atoms with Crippen molar-refractivity contribution in [1.29, 1.82) is 0 Å². The summed E-state index contributed by atoms with van der Waals surface area (Å²) < 4.78 is 5.62. The number of hydrogen-bond donors (Lipinski definition) is 1. The first-order valence-electron chi connectivity index (χ1n) is 6.10. The smallest absolute Gasteiger partial charge is 0.213 e. The highest BCUT2D eigenvalue weighted by Gasteiger charge is 2.16. The van der Waals surface area contributed by atoms with Crippen LogP contribution in [0.15, 0.2) is 18.2 Å². The van der Waals surface area contributed by atoms with E-state index in [9.17, 15) is 0 Å². The largest absolute Gasteiger partial charge is 0.475 e. The summed E-state index contributed by atoms with van der Waals surface area (Å²) in [6, 6.07) is 6.09. The number of piperidine rings is 1. The van der Waals surface area contributed by atoms with Gasteiger partial charge in [-0.1, -0.05) is 6.07 Å². The number of nitrogens with one attached hydrogen (secondary N) is 1. The average Bonchev–Trinajstić information content (AvgIpc) is 2.30. The summed E-state index contributed by atoms with van der Waals surface area (Å²) in [6.07, 6.45) is 2.55. The van der Waals surface area contributed by atoms with Gasteiger partial charge in [-0.25, -0.2) is 4.98 Å². The van der Waals surface area contributed by atoms with Crippen LogP contribution in [-0.4, -0.2) is 24.2 Å². The molecule has 2 heterocycles. The number of aromatic nitrogens is 1. The van der Waals surface area contributed by atoms with Crippen molar-refractivity contribution in [2.24, 2.45) is 0 Å². The van der Waals surface area contributed by atoms with Gasteiger partial charge >= 0.3 is 0 Å². The van der Waals surface area contributed by atoms with Crippen molar-refractivity contribution < 1.29 is 4.74 Å². The van der Waals surface area contributed by atoms with E-state index in [0.717, 1.165) is 19.0 Å². The second kappa shape index (κ2) is 5.30.